The molecular formula is C34H43N7O2. The highest BCUT2D eigenvalue weighted by atomic mass is 16.5. The van der Waals surface area contributed by atoms with Gasteiger partial charge in [-0.05, 0) is 57.1 Å². The maximum Gasteiger partial charge on any atom is 0.247 e. The minimum atomic E-state index is -0.281. The zero-order chi connectivity index (χ0) is 30.3. The number of hydrogen-bond acceptors (Lipinski definition) is 7. The second-order valence-corrected chi connectivity index (χ2v) is 11.6. The van der Waals surface area contributed by atoms with Crippen LogP contribution in [0.3, 0.4) is 0 Å². The van der Waals surface area contributed by atoms with Crippen molar-refractivity contribution >= 4 is 39.8 Å². The summed E-state index contributed by atoms with van der Waals surface area (Å²) in [5.41, 5.74) is 5.19. The minimum absolute atomic E-state index is 0.281. The Bertz CT molecular complexity index is 1570. The van der Waals surface area contributed by atoms with Crippen molar-refractivity contribution in [3.05, 3.63) is 67.5 Å². The third-order valence-electron chi connectivity index (χ3n) is 8.15. The van der Waals surface area contributed by atoms with E-state index >= 15 is 0 Å². The summed E-state index contributed by atoms with van der Waals surface area (Å²) in [5.74, 6) is 1.68. The number of rotatable bonds is 14. The van der Waals surface area contributed by atoms with Crippen LogP contribution in [0.1, 0.15) is 32.1 Å². The molecule has 226 valence electrons. The fraction of sp³-hybridized carbons (Fsp3) is 0.382. The molecule has 1 saturated carbocycles. The summed E-state index contributed by atoms with van der Waals surface area (Å²) in [4.78, 5) is 26.1. The molecule has 1 fully saturated rings. The van der Waals surface area contributed by atoms with Gasteiger partial charge in [-0.3, -0.25) is 4.79 Å². The fourth-order valence-corrected chi connectivity index (χ4v) is 5.43. The monoisotopic (exact) mass is 581 g/mol. The standard InChI is InChI=1S/C34H43N7O2/c1-6-33(42)36-28-21-29(32(43-20-10-13-24-11-9-12-24)22-31(28)40(4)19-18-39(2)3)38-34-35-17-16-27(37-34)26-23-41(5)30-15-8-7-14-25(26)30/h6-8,14-17,21-24H,1,9-13,18-20H2,2-5H3,(H,36,42)(H,35,37,38). The van der Waals surface area contributed by atoms with Crippen LogP contribution in [-0.2, 0) is 11.8 Å². The van der Waals surface area contributed by atoms with E-state index in [0.29, 0.717) is 29.7 Å². The number of nitrogens with one attached hydrogen (secondary N) is 2. The SMILES string of the molecule is C=CC(=O)Nc1cc(Nc2nccc(-c3cn(C)c4ccccc34)n2)c(OCCCC2CCC2)cc1N(C)CCN(C)C. The molecule has 0 atom stereocenters. The highest BCUT2D eigenvalue weighted by molar-refractivity contribution is 6.02. The molecule has 2 N–H and O–H groups in total. The minimum Gasteiger partial charge on any atom is -0.491 e. The van der Waals surface area contributed by atoms with E-state index in [-0.39, 0.29) is 5.91 Å². The number of para-hydroxylation sites is 1. The molecule has 2 aromatic carbocycles. The number of aryl methyl sites for hydroxylation is 1. The van der Waals surface area contributed by atoms with Gasteiger partial charge in [0.05, 0.1) is 29.4 Å². The van der Waals surface area contributed by atoms with Gasteiger partial charge in [0.2, 0.25) is 11.9 Å². The number of fused-ring (bicyclic) bond motifs is 1. The number of nitrogens with zero attached hydrogens (tertiary/aromatic N) is 5. The topological polar surface area (TPSA) is 87.5 Å². The smallest absolute Gasteiger partial charge is 0.247 e. The third-order valence-corrected chi connectivity index (χ3v) is 8.15. The molecular weight excluding hydrogens is 538 g/mol. The average molecular weight is 582 g/mol. The zero-order valence-electron chi connectivity index (χ0n) is 25.8. The van der Waals surface area contributed by atoms with Gasteiger partial charge in [0.1, 0.15) is 5.75 Å². The summed E-state index contributed by atoms with van der Waals surface area (Å²) >= 11 is 0. The largest absolute Gasteiger partial charge is 0.491 e. The summed E-state index contributed by atoms with van der Waals surface area (Å²) in [6, 6.07) is 14.1. The molecule has 2 heterocycles. The fourth-order valence-electron chi connectivity index (χ4n) is 5.43. The lowest BCUT2D eigenvalue weighted by Crippen LogP contribution is -2.29. The van der Waals surface area contributed by atoms with Crippen molar-refractivity contribution in [2.45, 2.75) is 32.1 Å². The van der Waals surface area contributed by atoms with Crippen LogP contribution in [0.4, 0.5) is 23.0 Å². The van der Waals surface area contributed by atoms with Crippen molar-refractivity contribution in [1.82, 2.24) is 19.4 Å². The number of aromatic nitrogens is 3. The van der Waals surface area contributed by atoms with Gasteiger partial charge in [-0.15, -0.1) is 0 Å². The van der Waals surface area contributed by atoms with E-state index in [1.807, 2.05) is 58.5 Å². The number of likely N-dealkylation sites (N-methyl/N-ethyl adjacent to an activating group) is 2. The first-order valence-corrected chi connectivity index (χ1v) is 15.1. The molecule has 1 aliphatic rings. The number of carbonyl (C=O) groups is 1. The summed E-state index contributed by atoms with van der Waals surface area (Å²) in [7, 11) is 8.15. The van der Waals surface area contributed by atoms with Crippen molar-refractivity contribution in [2.75, 3.05) is 56.4 Å². The van der Waals surface area contributed by atoms with E-state index in [4.69, 9.17) is 9.72 Å². The Morgan fingerprint density at radius 1 is 1.14 bits per heavy atom. The van der Waals surface area contributed by atoms with Crippen LogP contribution in [0.2, 0.25) is 0 Å². The maximum absolute atomic E-state index is 12.5. The molecule has 0 aliphatic heterocycles. The Balaban J connectivity index is 1.48. The number of carbonyl (C=O) groups excluding carboxylic acids is 1. The van der Waals surface area contributed by atoms with Crippen molar-refractivity contribution in [3.63, 3.8) is 0 Å². The van der Waals surface area contributed by atoms with Crippen molar-refractivity contribution in [3.8, 4) is 17.0 Å². The number of ether oxygens (including phenoxy) is 1. The highest BCUT2D eigenvalue weighted by Crippen LogP contribution is 2.39. The Kier molecular flexibility index (Phi) is 9.61. The molecule has 0 unspecified atom stereocenters. The van der Waals surface area contributed by atoms with E-state index < -0.39 is 0 Å². The van der Waals surface area contributed by atoms with Gasteiger partial charge < -0.3 is 29.7 Å². The number of benzene rings is 2. The predicted octanol–water partition coefficient (Wildman–Crippen LogP) is 6.46. The van der Waals surface area contributed by atoms with Crippen LogP contribution in [0.25, 0.3) is 22.2 Å². The van der Waals surface area contributed by atoms with Gasteiger partial charge in [-0.2, -0.15) is 0 Å². The highest BCUT2D eigenvalue weighted by Gasteiger charge is 2.19. The Morgan fingerprint density at radius 3 is 2.70 bits per heavy atom. The van der Waals surface area contributed by atoms with Crippen LogP contribution in [0, 0.1) is 5.92 Å². The molecule has 1 amide bonds. The van der Waals surface area contributed by atoms with Gasteiger partial charge in [0.25, 0.3) is 0 Å². The lowest BCUT2D eigenvalue weighted by atomic mass is 9.82. The number of amides is 1. The number of hydrogen-bond donors (Lipinski definition) is 2. The normalized spacial score (nSPS) is 13.1. The molecule has 0 radical (unpaired) electrons. The van der Waals surface area contributed by atoms with Crippen LogP contribution < -0.4 is 20.3 Å². The quantitative estimate of drug-likeness (QED) is 0.131. The van der Waals surface area contributed by atoms with Crippen LogP contribution in [0.15, 0.2) is 67.5 Å². The molecule has 0 spiro atoms. The lowest BCUT2D eigenvalue weighted by molar-refractivity contribution is -0.111. The summed E-state index contributed by atoms with van der Waals surface area (Å²) in [6.45, 7) is 5.88. The molecule has 5 rings (SSSR count). The first-order valence-electron chi connectivity index (χ1n) is 15.1. The second-order valence-electron chi connectivity index (χ2n) is 11.6. The van der Waals surface area contributed by atoms with Gasteiger partial charge in [0, 0.05) is 62.1 Å². The summed E-state index contributed by atoms with van der Waals surface area (Å²) < 4.78 is 8.52. The Morgan fingerprint density at radius 2 is 1.95 bits per heavy atom. The molecule has 1 aliphatic carbocycles. The Labute approximate surface area is 254 Å². The lowest BCUT2D eigenvalue weighted by Gasteiger charge is -2.27. The summed E-state index contributed by atoms with van der Waals surface area (Å²) in [5, 5.41) is 7.52. The molecule has 2 aromatic heterocycles. The van der Waals surface area contributed by atoms with E-state index in [9.17, 15) is 4.79 Å². The first kappa shape index (κ1) is 30.1. The third kappa shape index (κ3) is 7.35. The molecule has 0 saturated heterocycles. The van der Waals surface area contributed by atoms with E-state index in [0.717, 1.165) is 53.3 Å². The van der Waals surface area contributed by atoms with Gasteiger partial charge in [0.15, 0.2) is 0 Å². The summed E-state index contributed by atoms with van der Waals surface area (Å²) in [6.07, 6.45) is 11.3. The van der Waals surface area contributed by atoms with Gasteiger partial charge in [-0.25, -0.2) is 9.97 Å². The van der Waals surface area contributed by atoms with Crippen molar-refractivity contribution < 1.29 is 9.53 Å². The van der Waals surface area contributed by atoms with E-state index in [2.05, 4.69) is 54.9 Å². The Hall–Kier alpha value is -4.37. The first-order chi connectivity index (χ1) is 20.8. The zero-order valence-corrected chi connectivity index (χ0v) is 25.8. The van der Waals surface area contributed by atoms with Crippen LogP contribution in [-0.4, -0.2) is 66.2 Å². The van der Waals surface area contributed by atoms with Crippen LogP contribution in [0.5, 0.6) is 5.75 Å². The molecule has 9 heteroatoms. The van der Waals surface area contributed by atoms with Crippen LogP contribution >= 0.6 is 0 Å². The molecule has 9 nitrogen and oxygen atoms in total. The maximum atomic E-state index is 12.5. The van der Waals surface area contributed by atoms with E-state index in [1.165, 1.54) is 31.8 Å². The van der Waals surface area contributed by atoms with Crippen molar-refractivity contribution in [2.24, 2.45) is 13.0 Å². The van der Waals surface area contributed by atoms with E-state index in [1.54, 1.807) is 6.20 Å². The van der Waals surface area contributed by atoms with Crippen molar-refractivity contribution in [1.29, 1.82) is 0 Å². The molecule has 4 aromatic rings. The second kappa shape index (κ2) is 13.7. The van der Waals surface area contributed by atoms with Gasteiger partial charge >= 0.3 is 0 Å². The number of anilines is 4. The predicted molar refractivity (Wildman–Crippen MR) is 176 cm³/mol. The van der Waals surface area contributed by atoms with Gasteiger partial charge in [-0.1, -0.05) is 44.0 Å². The molecule has 0 bridgehead atoms. The average Bonchev–Trinajstić information content (AvgIpc) is 3.32. The molecule has 43 heavy (non-hydrogen) atoms.